The minimum Gasteiger partial charge on any atom is -0.491 e. The lowest BCUT2D eigenvalue weighted by Gasteiger charge is -2.23. The Kier molecular flexibility index (Phi) is 2.91. The summed E-state index contributed by atoms with van der Waals surface area (Å²) >= 11 is 0. The number of benzene rings is 1. The Morgan fingerprint density at radius 1 is 1.19 bits per heavy atom. The Bertz CT molecular complexity index is 669. The smallest absolute Gasteiger partial charge is 0.142 e. The number of nitrogens with two attached hydrogens (primary N) is 1. The average Bonchev–Trinajstić information content (AvgIpc) is 3.33. The fourth-order valence-corrected chi connectivity index (χ4v) is 2.70. The average molecular weight is 282 g/mol. The summed E-state index contributed by atoms with van der Waals surface area (Å²) in [7, 11) is 0. The molecular formula is C16H18N4O. The molecule has 21 heavy (non-hydrogen) atoms. The molecule has 0 unspecified atom stereocenters. The van der Waals surface area contributed by atoms with Crippen LogP contribution >= 0.6 is 0 Å². The van der Waals surface area contributed by atoms with E-state index in [0.717, 1.165) is 42.7 Å². The van der Waals surface area contributed by atoms with Gasteiger partial charge in [-0.2, -0.15) is 0 Å². The lowest BCUT2D eigenvalue weighted by Crippen LogP contribution is -2.20. The van der Waals surface area contributed by atoms with Gasteiger partial charge in [0.25, 0.3) is 0 Å². The number of hydrogen-bond acceptors (Lipinski definition) is 5. The van der Waals surface area contributed by atoms with Crippen molar-refractivity contribution in [1.82, 2.24) is 9.97 Å². The monoisotopic (exact) mass is 282 g/mol. The predicted octanol–water partition coefficient (Wildman–Crippen LogP) is 2.86. The molecule has 5 heteroatoms. The van der Waals surface area contributed by atoms with Gasteiger partial charge in [0, 0.05) is 18.5 Å². The van der Waals surface area contributed by atoms with E-state index in [9.17, 15) is 0 Å². The summed E-state index contributed by atoms with van der Waals surface area (Å²) in [5.41, 5.74) is 7.03. The van der Waals surface area contributed by atoms with Crippen molar-refractivity contribution in [3.63, 3.8) is 0 Å². The zero-order chi connectivity index (χ0) is 14.2. The first-order valence-corrected chi connectivity index (χ1v) is 7.45. The zero-order valence-electron chi connectivity index (χ0n) is 11.8. The van der Waals surface area contributed by atoms with Crippen molar-refractivity contribution in [2.45, 2.75) is 25.2 Å². The lowest BCUT2D eigenvalue weighted by atomic mass is 10.2. The molecular weight excluding hydrogens is 264 g/mol. The highest BCUT2D eigenvalue weighted by atomic mass is 16.5. The normalized spacial score (nSPS) is 17.8. The minimum absolute atomic E-state index is 0.491. The van der Waals surface area contributed by atoms with Crippen LogP contribution < -0.4 is 15.4 Å². The molecule has 108 valence electrons. The minimum atomic E-state index is 0.491. The van der Waals surface area contributed by atoms with E-state index in [1.54, 1.807) is 0 Å². The van der Waals surface area contributed by atoms with Gasteiger partial charge in [-0.05, 0) is 31.4 Å². The molecule has 5 nitrogen and oxygen atoms in total. The van der Waals surface area contributed by atoms with Crippen molar-refractivity contribution < 1.29 is 4.74 Å². The third kappa shape index (κ3) is 2.39. The Morgan fingerprint density at radius 2 is 2.05 bits per heavy atom. The van der Waals surface area contributed by atoms with Gasteiger partial charge in [0.05, 0.1) is 12.3 Å². The van der Waals surface area contributed by atoms with E-state index < -0.39 is 0 Å². The fourth-order valence-electron chi connectivity index (χ4n) is 2.70. The molecule has 2 N–H and O–H groups in total. The number of para-hydroxylation sites is 2. The number of aromatic nitrogens is 2. The summed E-state index contributed by atoms with van der Waals surface area (Å²) in [6.45, 7) is 1.60. The van der Waals surface area contributed by atoms with Crippen LogP contribution in [0.1, 0.15) is 31.0 Å². The van der Waals surface area contributed by atoms with E-state index in [4.69, 9.17) is 15.5 Å². The molecule has 2 aliphatic rings. The molecule has 0 radical (unpaired) electrons. The molecule has 4 rings (SSSR count). The Morgan fingerprint density at radius 3 is 2.90 bits per heavy atom. The molecule has 1 aromatic carbocycles. The van der Waals surface area contributed by atoms with Crippen LogP contribution in [-0.4, -0.2) is 23.1 Å². The predicted molar refractivity (Wildman–Crippen MR) is 82.0 cm³/mol. The van der Waals surface area contributed by atoms with Gasteiger partial charge in [0.2, 0.25) is 0 Å². The first kappa shape index (κ1) is 12.4. The zero-order valence-corrected chi connectivity index (χ0v) is 11.8. The van der Waals surface area contributed by atoms with E-state index in [2.05, 4.69) is 16.0 Å². The van der Waals surface area contributed by atoms with Gasteiger partial charge < -0.3 is 15.4 Å². The van der Waals surface area contributed by atoms with Crippen molar-refractivity contribution in [1.29, 1.82) is 0 Å². The van der Waals surface area contributed by atoms with E-state index in [0.29, 0.717) is 11.7 Å². The summed E-state index contributed by atoms with van der Waals surface area (Å²) in [5, 5.41) is 0. The second-order valence-corrected chi connectivity index (χ2v) is 5.60. The number of rotatable bonds is 2. The maximum atomic E-state index is 5.98. The van der Waals surface area contributed by atoms with Crippen molar-refractivity contribution in [2.75, 3.05) is 23.8 Å². The van der Waals surface area contributed by atoms with Crippen LogP contribution in [0.5, 0.6) is 5.75 Å². The van der Waals surface area contributed by atoms with Gasteiger partial charge >= 0.3 is 0 Å². The second kappa shape index (κ2) is 4.91. The topological polar surface area (TPSA) is 64.3 Å². The Hall–Kier alpha value is -2.30. The number of nitrogens with zero attached hydrogens (tertiary/aromatic N) is 3. The molecule has 0 amide bonds. The van der Waals surface area contributed by atoms with Crippen LogP contribution in [0.4, 0.5) is 17.3 Å². The molecule has 0 spiro atoms. The van der Waals surface area contributed by atoms with Gasteiger partial charge in [-0.15, -0.1) is 0 Å². The molecule has 2 heterocycles. The van der Waals surface area contributed by atoms with Crippen LogP contribution in [0.2, 0.25) is 0 Å². The Labute approximate surface area is 123 Å². The maximum absolute atomic E-state index is 5.98. The van der Waals surface area contributed by atoms with Crippen molar-refractivity contribution in [3.05, 3.63) is 36.2 Å². The summed E-state index contributed by atoms with van der Waals surface area (Å²) in [6.07, 6.45) is 3.29. The quantitative estimate of drug-likeness (QED) is 0.917. The molecule has 0 atom stereocenters. The van der Waals surface area contributed by atoms with Crippen molar-refractivity contribution >= 4 is 17.3 Å². The number of anilines is 3. The molecule has 1 saturated carbocycles. The van der Waals surface area contributed by atoms with Crippen LogP contribution in [0.3, 0.4) is 0 Å². The molecule has 1 aromatic heterocycles. The molecule has 1 fully saturated rings. The third-order valence-electron chi connectivity index (χ3n) is 3.91. The molecule has 1 aliphatic carbocycles. The van der Waals surface area contributed by atoms with Gasteiger partial charge in [-0.3, -0.25) is 0 Å². The van der Waals surface area contributed by atoms with Crippen LogP contribution in [0, 0.1) is 0 Å². The second-order valence-electron chi connectivity index (χ2n) is 5.60. The molecule has 0 saturated heterocycles. The number of fused-ring (bicyclic) bond motifs is 1. The highest BCUT2D eigenvalue weighted by Gasteiger charge is 2.28. The van der Waals surface area contributed by atoms with E-state index in [-0.39, 0.29) is 0 Å². The van der Waals surface area contributed by atoms with Crippen LogP contribution in [0.15, 0.2) is 30.3 Å². The summed E-state index contributed by atoms with van der Waals surface area (Å²) < 4.78 is 5.80. The number of hydrogen-bond donors (Lipinski definition) is 1. The highest BCUT2D eigenvalue weighted by molar-refractivity contribution is 5.68. The first-order valence-electron chi connectivity index (χ1n) is 7.45. The fraction of sp³-hybridized carbons (Fsp3) is 0.375. The van der Waals surface area contributed by atoms with Gasteiger partial charge in [-0.25, -0.2) is 9.97 Å². The van der Waals surface area contributed by atoms with E-state index in [1.807, 2.05) is 24.3 Å². The van der Waals surface area contributed by atoms with Gasteiger partial charge in [0.15, 0.2) is 0 Å². The largest absolute Gasteiger partial charge is 0.491 e. The molecule has 1 aliphatic heterocycles. The van der Waals surface area contributed by atoms with Gasteiger partial charge in [0.1, 0.15) is 23.2 Å². The Balaban J connectivity index is 1.78. The van der Waals surface area contributed by atoms with Crippen LogP contribution in [0.25, 0.3) is 0 Å². The van der Waals surface area contributed by atoms with E-state index >= 15 is 0 Å². The number of ether oxygens (including phenoxy) is 1. The third-order valence-corrected chi connectivity index (χ3v) is 3.91. The maximum Gasteiger partial charge on any atom is 0.142 e. The SMILES string of the molecule is Nc1cc(N2CCCOc3ccccc32)nc(C2CC2)n1. The molecule has 0 bridgehead atoms. The summed E-state index contributed by atoms with van der Waals surface area (Å²) in [5.74, 6) is 3.70. The van der Waals surface area contributed by atoms with E-state index in [1.165, 1.54) is 12.8 Å². The summed E-state index contributed by atoms with van der Waals surface area (Å²) in [4.78, 5) is 11.3. The molecule has 2 aromatic rings. The lowest BCUT2D eigenvalue weighted by molar-refractivity contribution is 0.322. The highest BCUT2D eigenvalue weighted by Crippen LogP contribution is 2.40. The summed E-state index contributed by atoms with van der Waals surface area (Å²) in [6, 6.07) is 9.93. The standard InChI is InChI=1S/C16H18N4O/c17-14-10-15(19-16(18-14)11-6-7-11)20-8-3-9-21-13-5-2-1-4-12(13)20/h1-2,4-5,10-11H,3,6-9H2,(H2,17,18,19). The first-order chi connectivity index (χ1) is 10.3. The van der Waals surface area contributed by atoms with Crippen molar-refractivity contribution in [2.24, 2.45) is 0 Å². The number of nitrogen functional groups attached to an aromatic ring is 1. The van der Waals surface area contributed by atoms with Crippen molar-refractivity contribution in [3.8, 4) is 5.75 Å². The van der Waals surface area contributed by atoms with Crippen LogP contribution in [-0.2, 0) is 0 Å². The van der Waals surface area contributed by atoms with Gasteiger partial charge in [-0.1, -0.05) is 12.1 Å².